The van der Waals surface area contributed by atoms with Gasteiger partial charge in [0, 0.05) is 54.9 Å². The van der Waals surface area contributed by atoms with Crippen molar-refractivity contribution in [1.82, 2.24) is 26.3 Å². The van der Waals surface area contributed by atoms with E-state index >= 15 is 0 Å². The quantitative estimate of drug-likeness (QED) is 0.0423. The molecule has 1 aromatic heterocycles. The van der Waals surface area contributed by atoms with E-state index in [9.17, 15) is 24.0 Å². The van der Waals surface area contributed by atoms with Crippen LogP contribution in [0.25, 0.3) is 10.9 Å². The Labute approximate surface area is 334 Å². The first kappa shape index (κ1) is 42.2. The molecule has 3 aromatic carbocycles. The van der Waals surface area contributed by atoms with E-state index < -0.39 is 41.3 Å². The van der Waals surface area contributed by atoms with Gasteiger partial charge in [0.05, 0.1) is 0 Å². The highest BCUT2D eigenvalue weighted by atomic mass is 16.2. The third kappa shape index (κ3) is 12.3. The van der Waals surface area contributed by atoms with E-state index in [1.165, 1.54) is 12.5 Å². The Bertz CT molecular complexity index is 2000. The van der Waals surface area contributed by atoms with Crippen molar-refractivity contribution in [3.05, 3.63) is 108 Å². The number of aliphatic imine (C=N–C) groups is 1. The van der Waals surface area contributed by atoms with Crippen molar-refractivity contribution >= 4 is 46.3 Å². The first-order chi connectivity index (χ1) is 27.4. The standard InChI is InChI=1S/C44H56N8O5/c1-29(53)21-25-47-39(54)38(27-33-28-49-35-17-10-9-16-34(33)35)51-40(55)36(18-11-24-48-43(45)46)50-41(56)37(26-30-12-5-3-6-13-30)52-42(57)44(2)22-19-32(20-23-44)31-14-7-4-8-15-31/h3-10,12-17,28,32,36-38,49H,11,18-27H2,1-2H3,(H,47,54)(H,50,56)(H,51,55)(H,52,57)(H4,45,46,48)/t32?,36?,37?,38-,44?/m0/s1. The van der Waals surface area contributed by atoms with Gasteiger partial charge < -0.3 is 37.7 Å². The Hall–Kier alpha value is -5.98. The summed E-state index contributed by atoms with van der Waals surface area (Å²) in [5.74, 6) is -1.61. The van der Waals surface area contributed by atoms with Crippen LogP contribution in [-0.2, 0) is 36.8 Å². The minimum Gasteiger partial charge on any atom is -0.370 e. The fourth-order valence-electron chi connectivity index (χ4n) is 7.46. The lowest BCUT2D eigenvalue weighted by molar-refractivity contribution is -0.137. The number of nitrogens with zero attached hydrogens (tertiary/aromatic N) is 1. The maximum atomic E-state index is 14.3. The third-order valence-electron chi connectivity index (χ3n) is 10.9. The molecule has 302 valence electrons. The molecule has 0 aliphatic heterocycles. The van der Waals surface area contributed by atoms with Crippen LogP contribution in [0.3, 0.4) is 0 Å². The summed E-state index contributed by atoms with van der Waals surface area (Å²) < 4.78 is 0. The Kier molecular flexibility index (Phi) is 15.0. The van der Waals surface area contributed by atoms with Gasteiger partial charge in [-0.1, -0.05) is 85.8 Å². The number of aromatic nitrogens is 1. The average Bonchev–Trinajstić information content (AvgIpc) is 3.61. The summed E-state index contributed by atoms with van der Waals surface area (Å²) in [5, 5.41) is 12.5. The lowest BCUT2D eigenvalue weighted by Gasteiger charge is -2.37. The van der Waals surface area contributed by atoms with Crippen LogP contribution in [-0.4, -0.2) is 71.6 Å². The molecule has 0 bridgehead atoms. The predicted octanol–water partition coefficient (Wildman–Crippen LogP) is 3.92. The second-order valence-electron chi connectivity index (χ2n) is 15.3. The number of carbonyl (C=O) groups is 5. The van der Waals surface area contributed by atoms with Gasteiger partial charge in [-0.3, -0.25) is 29.0 Å². The number of amides is 4. The number of carbonyl (C=O) groups excluding carboxylic acids is 5. The van der Waals surface area contributed by atoms with Crippen molar-refractivity contribution in [2.24, 2.45) is 21.9 Å². The summed E-state index contributed by atoms with van der Waals surface area (Å²) >= 11 is 0. The fraction of sp³-hybridized carbons (Fsp3) is 0.409. The van der Waals surface area contributed by atoms with Crippen LogP contribution in [0.1, 0.15) is 81.4 Å². The molecule has 1 fully saturated rings. The Balaban J connectivity index is 1.35. The van der Waals surface area contributed by atoms with E-state index in [1.54, 1.807) is 6.20 Å². The van der Waals surface area contributed by atoms with Crippen molar-refractivity contribution in [1.29, 1.82) is 0 Å². The first-order valence-electron chi connectivity index (χ1n) is 19.8. The van der Waals surface area contributed by atoms with E-state index in [1.807, 2.05) is 79.7 Å². The number of guanidine groups is 1. The highest BCUT2D eigenvalue weighted by Gasteiger charge is 2.40. The smallest absolute Gasteiger partial charge is 0.243 e. The number of nitrogens with one attached hydrogen (secondary N) is 5. The van der Waals surface area contributed by atoms with Gasteiger partial charge in [-0.15, -0.1) is 0 Å². The number of hydrogen-bond donors (Lipinski definition) is 7. The second kappa shape index (κ2) is 20.3. The lowest BCUT2D eigenvalue weighted by Crippen LogP contribution is -2.58. The van der Waals surface area contributed by atoms with Crippen LogP contribution in [0, 0.1) is 5.41 Å². The Morgan fingerprint density at radius 3 is 2.09 bits per heavy atom. The summed E-state index contributed by atoms with van der Waals surface area (Å²) in [6.45, 7) is 3.71. The number of Topliss-reactive ketones (excluding diaryl/α,β-unsaturated/α-hetero) is 1. The minimum atomic E-state index is -1.10. The zero-order valence-corrected chi connectivity index (χ0v) is 32.9. The molecule has 1 heterocycles. The maximum Gasteiger partial charge on any atom is 0.243 e. The molecule has 4 aromatic rings. The number of fused-ring (bicyclic) bond motifs is 1. The van der Waals surface area contributed by atoms with Gasteiger partial charge in [-0.25, -0.2) is 0 Å². The monoisotopic (exact) mass is 776 g/mol. The summed E-state index contributed by atoms with van der Waals surface area (Å²) in [6.07, 6.45) is 5.80. The van der Waals surface area contributed by atoms with Gasteiger partial charge in [0.2, 0.25) is 23.6 Å². The van der Waals surface area contributed by atoms with Gasteiger partial charge in [0.25, 0.3) is 0 Å². The molecule has 0 spiro atoms. The Morgan fingerprint density at radius 2 is 1.40 bits per heavy atom. The average molecular weight is 777 g/mol. The molecule has 1 aliphatic carbocycles. The van der Waals surface area contributed by atoms with Crippen molar-refractivity contribution in [3.63, 3.8) is 0 Å². The number of H-pyrrole nitrogens is 1. The highest BCUT2D eigenvalue weighted by molar-refractivity contribution is 5.95. The number of rotatable bonds is 19. The van der Waals surface area contributed by atoms with Crippen LogP contribution in [0.4, 0.5) is 0 Å². The molecule has 1 aliphatic rings. The normalized spacial score (nSPS) is 18.0. The van der Waals surface area contributed by atoms with Crippen LogP contribution < -0.4 is 32.7 Å². The molecule has 0 radical (unpaired) electrons. The number of ketones is 1. The zero-order chi connectivity index (χ0) is 40.8. The van der Waals surface area contributed by atoms with Gasteiger partial charge >= 0.3 is 0 Å². The molecule has 2 unspecified atom stereocenters. The molecular weight excluding hydrogens is 721 g/mol. The van der Waals surface area contributed by atoms with Crippen molar-refractivity contribution in [2.75, 3.05) is 13.1 Å². The molecule has 9 N–H and O–H groups in total. The largest absolute Gasteiger partial charge is 0.370 e. The molecule has 3 atom stereocenters. The van der Waals surface area contributed by atoms with E-state index in [-0.39, 0.29) is 56.4 Å². The molecule has 13 nitrogen and oxygen atoms in total. The van der Waals surface area contributed by atoms with Crippen molar-refractivity contribution in [2.45, 2.75) is 95.7 Å². The van der Waals surface area contributed by atoms with E-state index in [2.05, 4.69) is 43.4 Å². The summed E-state index contributed by atoms with van der Waals surface area (Å²) in [7, 11) is 0. The molecule has 5 rings (SSSR count). The number of nitrogens with two attached hydrogens (primary N) is 2. The Morgan fingerprint density at radius 1 is 0.789 bits per heavy atom. The van der Waals surface area contributed by atoms with Gasteiger partial charge in [-0.2, -0.15) is 0 Å². The summed E-state index contributed by atoms with van der Waals surface area (Å²) in [4.78, 5) is 75.1. The van der Waals surface area contributed by atoms with Crippen LogP contribution in [0.5, 0.6) is 0 Å². The molecule has 0 saturated heterocycles. The minimum absolute atomic E-state index is 0.0814. The topological polar surface area (TPSA) is 214 Å². The molecule has 1 saturated carbocycles. The zero-order valence-electron chi connectivity index (χ0n) is 32.9. The maximum absolute atomic E-state index is 14.3. The summed E-state index contributed by atoms with van der Waals surface area (Å²) in [5.41, 5.74) is 14.2. The fourth-order valence-corrected chi connectivity index (χ4v) is 7.46. The van der Waals surface area contributed by atoms with Crippen LogP contribution >= 0.6 is 0 Å². The van der Waals surface area contributed by atoms with Crippen LogP contribution in [0.2, 0.25) is 0 Å². The van der Waals surface area contributed by atoms with E-state index in [4.69, 9.17) is 11.5 Å². The van der Waals surface area contributed by atoms with E-state index in [0.29, 0.717) is 25.2 Å². The van der Waals surface area contributed by atoms with E-state index in [0.717, 1.165) is 34.9 Å². The number of aromatic amines is 1. The molecular formula is C44H56N8O5. The predicted molar refractivity (Wildman–Crippen MR) is 222 cm³/mol. The van der Waals surface area contributed by atoms with Gasteiger partial charge in [0.15, 0.2) is 5.96 Å². The molecule has 57 heavy (non-hydrogen) atoms. The molecule has 4 amide bonds. The van der Waals surface area contributed by atoms with Crippen molar-refractivity contribution < 1.29 is 24.0 Å². The highest BCUT2D eigenvalue weighted by Crippen LogP contribution is 2.43. The number of hydrogen-bond acceptors (Lipinski definition) is 6. The summed E-state index contributed by atoms with van der Waals surface area (Å²) in [6, 6.07) is 24.2. The van der Waals surface area contributed by atoms with Gasteiger partial charge in [0.1, 0.15) is 23.9 Å². The molecule has 13 heteroatoms. The third-order valence-corrected chi connectivity index (χ3v) is 10.9. The van der Waals surface area contributed by atoms with Crippen molar-refractivity contribution in [3.8, 4) is 0 Å². The second-order valence-corrected chi connectivity index (χ2v) is 15.3. The first-order valence-corrected chi connectivity index (χ1v) is 19.8. The van der Waals surface area contributed by atoms with Gasteiger partial charge in [-0.05, 0) is 74.1 Å². The SMILES string of the molecule is CC(=O)CCNC(=O)[C@H](Cc1c[nH]c2ccccc12)NC(=O)C(CCCN=C(N)N)NC(=O)C(Cc1ccccc1)NC(=O)C1(C)CCC(c2ccccc2)CC1. The van der Waals surface area contributed by atoms with Crippen LogP contribution in [0.15, 0.2) is 96.1 Å². The number of para-hydroxylation sites is 1. The number of benzene rings is 3. The lowest BCUT2D eigenvalue weighted by atomic mass is 9.69.